The average Bonchev–Trinajstić information content (AvgIpc) is 3.15. The largest absolute Gasteiger partial charge is 0.497 e. The van der Waals surface area contributed by atoms with E-state index < -0.39 is 5.92 Å². The molecule has 0 bridgehead atoms. The molecule has 0 fully saturated rings. The molecule has 8 heteroatoms. The van der Waals surface area contributed by atoms with E-state index in [0.717, 1.165) is 5.56 Å². The Morgan fingerprint density at radius 2 is 2.12 bits per heavy atom. The van der Waals surface area contributed by atoms with Gasteiger partial charge in [-0.15, -0.1) is 10.2 Å². The van der Waals surface area contributed by atoms with Gasteiger partial charge in [-0.05, 0) is 36.2 Å². The number of anilines is 1. The fourth-order valence-corrected chi connectivity index (χ4v) is 2.30. The van der Waals surface area contributed by atoms with Gasteiger partial charge in [-0.25, -0.2) is 0 Å². The van der Waals surface area contributed by atoms with Crippen LogP contribution in [-0.4, -0.2) is 38.6 Å². The zero-order valence-electron chi connectivity index (χ0n) is 13.0. The number of benzene rings is 1. The van der Waals surface area contributed by atoms with Crippen LogP contribution in [0.2, 0.25) is 0 Å². The van der Waals surface area contributed by atoms with E-state index in [4.69, 9.17) is 4.74 Å². The smallest absolute Gasteiger partial charge is 0.235 e. The third-order valence-corrected chi connectivity index (χ3v) is 3.52. The second-order valence-electron chi connectivity index (χ2n) is 5.10. The zero-order chi connectivity index (χ0) is 16.8. The Hall–Kier alpha value is -3.29. The summed E-state index contributed by atoms with van der Waals surface area (Å²) in [7, 11) is 1.58. The molecule has 8 nitrogen and oxygen atoms in total. The summed E-state index contributed by atoms with van der Waals surface area (Å²) in [6, 6.07) is 10.9. The highest BCUT2D eigenvalue weighted by Gasteiger charge is 2.25. The van der Waals surface area contributed by atoms with E-state index in [1.165, 1.54) is 0 Å². The van der Waals surface area contributed by atoms with Gasteiger partial charge >= 0.3 is 0 Å². The second-order valence-corrected chi connectivity index (χ2v) is 5.10. The Kier molecular flexibility index (Phi) is 4.76. The molecule has 0 radical (unpaired) electrons. The topological polar surface area (TPSA) is 106 Å². The molecule has 0 aliphatic carbocycles. The molecule has 0 saturated heterocycles. The van der Waals surface area contributed by atoms with Crippen molar-refractivity contribution < 1.29 is 9.53 Å². The van der Waals surface area contributed by atoms with Crippen LogP contribution in [0.15, 0.2) is 48.8 Å². The van der Waals surface area contributed by atoms with Crippen LogP contribution in [0.4, 0.5) is 5.69 Å². The zero-order valence-corrected chi connectivity index (χ0v) is 13.0. The van der Waals surface area contributed by atoms with Gasteiger partial charge in [0.2, 0.25) is 5.91 Å². The van der Waals surface area contributed by atoms with E-state index >= 15 is 0 Å². The van der Waals surface area contributed by atoms with Crippen molar-refractivity contribution in [3.63, 3.8) is 0 Å². The molecule has 122 valence electrons. The molecule has 2 heterocycles. The van der Waals surface area contributed by atoms with Gasteiger partial charge in [0.1, 0.15) is 11.7 Å². The number of nitrogens with one attached hydrogen (secondary N) is 2. The molecule has 3 aromatic rings. The van der Waals surface area contributed by atoms with Crippen LogP contribution in [0.5, 0.6) is 5.75 Å². The normalized spacial score (nSPS) is 11.7. The van der Waals surface area contributed by atoms with E-state index in [1.807, 2.05) is 18.2 Å². The van der Waals surface area contributed by atoms with Crippen LogP contribution in [0.25, 0.3) is 0 Å². The Morgan fingerprint density at radius 1 is 1.29 bits per heavy atom. The summed E-state index contributed by atoms with van der Waals surface area (Å²) in [5, 5.41) is 16.7. The number of rotatable bonds is 6. The Labute approximate surface area is 138 Å². The van der Waals surface area contributed by atoms with Crippen LogP contribution < -0.4 is 10.1 Å². The van der Waals surface area contributed by atoms with E-state index in [9.17, 15) is 4.79 Å². The average molecular weight is 324 g/mol. The van der Waals surface area contributed by atoms with Crippen molar-refractivity contribution in [1.82, 2.24) is 25.6 Å². The fraction of sp³-hybridized carbons (Fsp3) is 0.188. The fourth-order valence-electron chi connectivity index (χ4n) is 2.30. The number of hydrogen-bond donors (Lipinski definition) is 2. The number of aromatic amines is 1. The standard InChI is InChI=1S/C16H16N6O2/c1-24-13-4-2-3-12(10-13)18-16(23)14(15-19-21-22-20-15)9-11-5-7-17-8-6-11/h2-8,10,14H,9H2,1H3,(H,18,23)(H,19,20,21,22)/t14-/m0/s1. The number of H-pyrrole nitrogens is 1. The minimum absolute atomic E-state index is 0.221. The number of amides is 1. The SMILES string of the molecule is COc1cccc(NC(=O)[C@@H](Cc2ccncc2)c2nn[nH]n2)c1. The molecule has 0 saturated carbocycles. The minimum atomic E-state index is -0.572. The van der Waals surface area contributed by atoms with Crippen molar-refractivity contribution in [2.24, 2.45) is 0 Å². The Balaban J connectivity index is 1.81. The predicted octanol–water partition coefficient (Wildman–Crippen LogP) is 1.57. The lowest BCUT2D eigenvalue weighted by Crippen LogP contribution is -2.24. The van der Waals surface area contributed by atoms with Crippen molar-refractivity contribution in [3.8, 4) is 5.75 Å². The Morgan fingerprint density at radius 3 is 2.83 bits per heavy atom. The minimum Gasteiger partial charge on any atom is -0.497 e. The van der Waals surface area contributed by atoms with E-state index in [0.29, 0.717) is 23.7 Å². The van der Waals surface area contributed by atoms with E-state index in [2.05, 4.69) is 30.9 Å². The summed E-state index contributed by atoms with van der Waals surface area (Å²) >= 11 is 0. The molecule has 3 rings (SSSR count). The number of pyridine rings is 1. The lowest BCUT2D eigenvalue weighted by atomic mass is 9.98. The summed E-state index contributed by atoms with van der Waals surface area (Å²) in [6.07, 6.45) is 3.81. The summed E-state index contributed by atoms with van der Waals surface area (Å²) < 4.78 is 5.17. The number of hydrogen-bond acceptors (Lipinski definition) is 6. The van der Waals surface area contributed by atoms with Gasteiger partial charge < -0.3 is 10.1 Å². The monoisotopic (exact) mass is 324 g/mol. The third-order valence-electron chi connectivity index (χ3n) is 3.52. The molecule has 24 heavy (non-hydrogen) atoms. The Bertz CT molecular complexity index is 791. The van der Waals surface area contributed by atoms with Crippen molar-refractivity contribution in [1.29, 1.82) is 0 Å². The number of nitrogens with zero attached hydrogens (tertiary/aromatic N) is 4. The molecule has 0 unspecified atom stereocenters. The molecule has 1 atom stereocenters. The van der Waals surface area contributed by atoms with Crippen molar-refractivity contribution in [2.45, 2.75) is 12.3 Å². The second kappa shape index (κ2) is 7.32. The highest BCUT2D eigenvalue weighted by atomic mass is 16.5. The van der Waals surface area contributed by atoms with E-state index in [1.54, 1.807) is 37.7 Å². The van der Waals surface area contributed by atoms with Crippen LogP contribution in [0.1, 0.15) is 17.3 Å². The summed E-state index contributed by atoms with van der Waals surface area (Å²) in [5.74, 6) is 0.212. The van der Waals surface area contributed by atoms with Gasteiger partial charge in [0.15, 0.2) is 5.82 Å². The van der Waals surface area contributed by atoms with Gasteiger partial charge in [0, 0.05) is 24.1 Å². The summed E-state index contributed by atoms with van der Waals surface area (Å²) in [5.41, 5.74) is 1.60. The van der Waals surface area contributed by atoms with Crippen molar-refractivity contribution in [3.05, 3.63) is 60.2 Å². The lowest BCUT2D eigenvalue weighted by molar-refractivity contribution is -0.117. The molecular weight excluding hydrogens is 308 g/mol. The molecule has 0 aliphatic heterocycles. The first-order valence-electron chi connectivity index (χ1n) is 7.33. The van der Waals surface area contributed by atoms with Gasteiger partial charge in [-0.1, -0.05) is 11.3 Å². The first-order valence-corrected chi connectivity index (χ1v) is 7.33. The third kappa shape index (κ3) is 3.72. The molecule has 1 aromatic carbocycles. The van der Waals surface area contributed by atoms with Gasteiger partial charge in [0.05, 0.1) is 7.11 Å². The number of methoxy groups -OCH3 is 1. The maximum Gasteiger partial charge on any atom is 0.235 e. The van der Waals surface area contributed by atoms with Crippen LogP contribution in [0.3, 0.4) is 0 Å². The first-order chi connectivity index (χ1) is 11.8. The molecule has 2 N–H and O–H groups in total. The van der Waals surface area contributed by atoms with Gasteiger partial charge in [-0.2, -0.15) is 5.21 Å². The molecular formula is C16H16N6O2. The maximum absolute atomic E-state index is 12.7. The molecule has 2 aromatic heterocycles. The summed E-state index contributed by atoms with van der Waals surface area (Å²) in [4.78, 5) is 16.7. The van der Waals surface area contributed by atoms with E-state index in [-0.39, 0.29) is 5.91 Å². The summed E-state index contributed by atoms with van der Waals surface area (Å²) in [6.45, 7) is 0. The molecule has 0 aliphatic rings. The maximum atomic E-state index is 12.7. The highest BCUT2D eigenvalue weighted by molar-refractivity contribution is 5.95. The van der Waals surface area contributed by atoms with Gasteiger partial charge in [-0.3, -0.25) is 9.78 Å². The quantitative estimate of drug-likeness (QED) is 0.713. The number of carbonyl (C=O) groups is 1. The molecule has 1 amide bonds. The van der Waals surface area contributed by atoms with Crippen LogP contribution >= 0.6 is 0 Å². The van der Waals surface area contributed by atoms with Crippen LogP contribution in [-0.2, 0) is 11.2 Å². The first kappa shape index (κ1) is 15.6. The highest BCUT2D eigenvalue weighted by Crippen LogP contribution is 2.21. The predicted molar refractivity (Wildman–Crippen MR) is 86.5 cm³/mol. The van der Waals surface area contributed by atoms with Crippen molar-refractivity contribution in [2.75, 3.05) is 12.4 Å². The number of tetrazole rings is 1. The van der Waals surface area contributed by atoms with Crippen molar-refractivity contribution >= 4 is 11.6 Å². The lowest BCUT2D eigenvalue weighted by Gasteiger charge is -2.14. The number of ether oxygens (including phenoxy) is 1. The van der Waals surface area contributed by atoms with Gasteiger partial charge in [0.25, 0.3) is 0 Å². The number of carbonyl (C=O) groups excluding carboxylic acids is 1. The number of aromatic nitrogens is 5. The van der Waals surface area contributed by atoms with Crippen LogP contribution in [0, 0.1) is 0 Å². The molecule has 0 spiro atoms.